The average Bonchev–Trinajstić information content (AvgIpc) is 2.63. The van der Waals surface area contributed by atoms with Crippen LogP contribution in [0.5, 0.6) is 0 Å². The zero-order valence-electron chi connectivity index (χ0n) is 11.6. The summed E-state index contributed by atoms with van der Waals surface area (Å²) in [7, 11) is 0. The van der Waals surface area contributed by atoms with Gasteiger partial charge in [0.25, 0.3) is 5.91 Å². The van der Waals surface area contributed by atoms with Crippen LogP contribution in [0.1, 0.15) is 16.8 Å². The molecule has 1 fully saturated rings. The Balaban J connectivity index is 2.18. The number of nitrogens with two attached hydrogens (primary N) is 1. The molecular formula is C14H18ClN3O3. The summed E-state index contributed by atoms with van der Waals surface area (Å²) in [5, 5.41) is 9.20. The molecule has 7 heteroatoms. The van der Waals surface area contributed by atoms with E-state index < -0.39 is 11.9 Å². The number of carbonyl (C=O) groups excluding carboxylic acids is 1. The third kappa shape index (κ3) is 3.86. The minimum absolute atomic E-state index is 0.0338. The van der Waals surface area contributed by atoms with Crippen molar-refractivity contribution >= 4 is 29.2 Å². The number of amides is 1. The van der Waals surface area contributed by atoms with Gasteiger partial charge in [0.15, 0.2) is 0 Å². The van der Waals surface area contributed by atoms with E-state index in [1.165, 1.54) is 0 Å². The minimum Gasteiger partial charge on any atom is -0.480 e. The van der Waals surface area contributed by atoms with E-state index in [4.69, 9.17) is 22.4 Å². The Hall–Kier alpha value is -1.79. The van der Waals surface area contributed by atoms with Gasteiger partial charge in [-0.1, -0.05) is 17.7 Å². The lowest BCUT2D eigenvalue weighted by atomic mass is 10.1. The summed E-state index contributed by atoms with van der Waals surface area (Å²) in [6, 6.07) is 5.24. The van der Waals surface area contributed by atoms with E-state index in [0.29, 0.717) is 29.4 Å². The minimum atomic E-state index is -0.830. The molecule has 1 heterocycles. The van der Waals surface area contributed by atoms with Crippen molar-refractivity contribution in [3.8, 4) is 0 Å². The van der Waals surface area contributed by atoms with E-state index in [2.05, 4.69) is 0 Å². The predicted octanol–water partition coefficient (Wildman–Crippen LogP) is 1.04. The molecule has 114 valence electrons. The fourth-order valence-electron chi connectivity index (χ4n) is 2.58. The molecule has 0 spiro atoms. The molecule has 0 unspecified atom stereocenters. The monoisotopic (exact) mass is 311 g/mol. The lowest BCUT2D eigenvalue weighted by Gasteiger charge is -2.25. The van der Waals surface area contributed by atoms with Gasteiger partial charge in [0.05, 0.1) is 22.8 Å². The van der Waals surface area contributed by atoms with Crippen LogP contribution >= 0.6 is 11.6 Å². The molecule has 0 aromatic heterocycles. The number of hydrogen-bond acceptors (Lipinski definition) is 4. The molecule has 1 aliphatic rings. The first kappa shape index (κ1) is 15.6. The molecule has 0 saturated carbocycles. The first-order valence-electron chi connectivity index (χ1n) is 6.76. The fourth-order valence-corrected chi connectivity index (χ4v) is 2.84. The third-order valence-electron chi connectivity index (χ3n) is 3.53. The van der Waals surface area contributed by atoms with E-state index >= 15 is 0 Å². The van der Waals surface area contributed by atoms with Crippen molar-refractivity contribution in [3.05, 3.63) is 28.8 Å². The van der Waals surface area contributed by atoms with E-state index in [1.807, 2.05) is 15.9 Å². The summed E-state index contributed by atoms with van der Waals surface area (Å²) in [6.07, 6.45) is 0.817. The number of nitrogens with zero attached hydrogens (tertiary/aromatic N) is 2. The van der Waals surface area contributed by atoms with Crippen LogP contribution in [-0.4, -0.2) is 54.6 Å². The van der Waals surface area contributed by atoms with Gasteiger partial charge >= 0.3 is 5.97 Å². The van der Waals surface area contributed by atoms with Crippen LogP contribution in [0.2, 0.25) is 5.02 Å². The maximum Gasteiger partial charge on any atom is 0.317 e. The van der Waals surface area contributed by atoms with Gasteiger partial charge in [-0.05, 0) is 18.6 Å². The molecule has 0 aliphatic carbocycles. The Morgan fingerprint density at radius 1 is 1.24 bits per heavy atom. The Morgan fingerprint density at radius 2 is 2.00 bits per heavy atom. The zero-order valence-corrected chi connectivity index (χ0v) is 12.3. The standard InChI is InChI=1S/C14H18ClN3O3/c15-10-3-1-4-11(13(10)14(16)21)18-6-2-5-17(7-8-18)9-12(19)20/h1,3-4H,2,5-9H2,(H2,16,21)(H,19,20). The quantitative estimate of drug-likeness (QED) is 0.867. The lowest BCUT2D eigenvalue weighted by Crippen LogP contribution is -2.34. The van der Waals surface area contributed by atoms with Crippen LogP contribution in [0.25, 0.3) is 0 Å². The largest absolute Gasteiger partial charge is 0.480 e. The molecule has 1 aromatic rings. The Bertz CT molecular complexity index is 550. The van der Waals surface area contributed by atoms with Gasteiger partial charge in [-0.25, -0.2) is 0 Å². The molecule has 6 nitrogen and oxygen atoms in total. The number of anilines is 1. The molecule has 21 heavy (non-hydrogen) atoms. The van der Waals surface area contributed by atoms with Crippen molar-refractivity contribution in [2.24, 2.45) is 5.73 Å². The molecule has 0 atom stereocenters. The maximum atomic E-state index is 11.6. The van der Waals surface area contributed by atoms with Crippen LogP contribution in [-0.2, 0) is 4.79 Å². The number of benzene rings is 1. The number of carboxylic acids is 1. The smallest absolute Gasteiger partial charge is 0.317 e. The molecule has 3 N–H and O–H groups in total. The second kappa shape index (κ2) is 6.78. The lowest BCUT2D eigenvalue weighted by molar-refractivity contribution is -0.138. The van der Waals surface area contributed by atoms with Gasteiger partial charge in [0.2, 0.25) is 0 Å². The van der Waals surface area contributed by atoms with Crippen LogP contribution in [0, 0.1) is 0 Å². The highest BCUT2D eigenvalue weighted by Crippen LogP contribution is 2.28. The summed E-state index contributed by atoms with van der Waals surface area (Å²) < 4.78 is 0. The maximum absolute atomic E-state index is 11.6. The van der Waals surface area contributed by atoms with Gasteiger partial charge < -0.3 is 15.7 Å². The molecule has 2 rings (SSSR count). The highest BCUT2D eigenvalue weighted by Gasteiger charge is 2.21. The molecular weight excluding hydrogens is 294 g/mol. The zero-order chi connectivity index (χ0) is 15.4. The number of primary amides is 1. The summed E-state index contributed by atoms with van der Waals surface area (Å²) in [4.78, 5) is 26.3. The summed E-state index contributed by atoms with van der Waals surface area (Å²) in [6.45, 7) is 2.74. The molecule has 0 bridgehead atoms. The van der Waals surface area contributed by atoms with Gasteiger partial charge in [-0.2, -0.15) is 0 Å². The Kier molecular flexibility index (Phi) is 5.03. The van der Waals surface area contributed by atoms with E-state index in [-0.39, 0.29) is 6.54 Å². The number of halogens is 1. The number of carboxylic acid groups (broad SMARTS) is 1. The van der Waals surface area contributed by atoms with Crippen LogP contribution < -0.4 is 10.6 Å². The van der Waals surface area contributed by atoms with Crippen LogP contribution in [0.4, 0.5) is 5.69 Å². The second-order valence-electron chi connectivity index (χ2n) is 5.01. The number of rotatable bonds is 4. The van der Waals surface area contributed by atoms with Gasteiger partial charge in [-0.15, -0.1) is 0 Å². The molecule has 1 amide bonds. The highest BCUT2D eigenvalue weighted by molar-refractivity contribution is 6.34. The summed E-state index contributed by atoms with van der Waals surface area (Å²) in [5.41, 5.74) is 6.46. The van der Waals surface area contributed by atoms with Gasteiger partial charge in [0.1, 0.15) is 0 Å². The summed E-state index contributed by atoms with van der Waals surface area (Å²) >= 11 is 6.07. The average molecular weight is 312 g/mol. The van der Waals surface area contributed by atoms with Crippen LogP contribution in [0.3, 0.4) is 0 Å². The van der Waals surface area contributed by atoms with E-state index in [1.54, 1.807) is 12.1 Å². The van der Waals surface area contributed by atoms with E-state index in [9.17, 15) is 9.59 Å². The highest BCUT2D eigenvalue weighted by atomic mass is 35.5. The normalized spacial score (nSPS) is 16.5. The predicted molar refractivity (Wildman–Crippen MR) is 80.9 cm³/mol. The Morgan fingerprint density at radius 3 is 2.67 bits per heavy atom. The second-order valence-corrected chi connectivity index (χ2v) is 5.42. The van der Waals surface area contributed by atoms with Gasteiger partial charge in [-0.3, -0.25) is 14.5 Å². The van der Waals surface area contributed by atoms with Gasteiger partial charge in [0, 0.05) is 26.2 Å². The fraction of sp³-hybridized carbons (Fsp3) is 0.429. The van der Waals surface area contributed by atoms with Crippen molar-refractivity contribution in [1.82, 2.24) is 4.90 Å². The first-order chi connectivity index (χ1) is 9.99. The topological polar surface area (TPSA) is 86.9 Å². The first-order valence-corrected chi connectivity index (χ1v) is 7.14. The number of hydrogen-bond donors (Lipinski definition) is 2. The van der Waals surface area contributed by atoms with Crippen molar-refractivity contribution in [2.75, 3.05) is 37.6 Å². The van der Waals surface area contributed by atoms with Crippen molar-refractivity contribution in [3.63, 3.8) is 0 Å². The number of aliphatic carboxylic acids is 1. The van der Waals surface area contributed by atoms with Crippen molar-refractivity contribution in [2.45, 2.75) is 6.42 Å². The third-order valence-corrected chi connectivity index (χ3v) is 3.84. The molecule has 0 radical (unpaired) electrons. The van der Waals surface area contributed by atoms with Crippen molar-refractivity contribution in [1.29, 1.82) is 0 Å². The molecule has 1 saturated heterocycles. The molecule has 1 aliphatic heterocycles. The van der Waals surface area contributed by atoms with Crippen molar-refractivity contribution < 1.29 is 14.7 Å². The van der Waals surface area contributed by atoms with E-state index in [0.717, 1.165) is 19.5 Å². The SMILES string of the molecule is NC(=O)c1c(Cl)cccc1N1CCCN(CC(=O)O)CC1. The van der Waals surface area contributed by atoms with Crippen LogP contribution in [0.15, 0.2) is 18.2 Å². The Labute approximate surface area is 128 Å². The summed E-state index contributed by atoms with van der Waals surface area (Å²) in [5.74, 6) is -1.38. The number of carbonyl (C=O) groups is 2. The molecule has 1 aromatic carbocycles.